The summed E-state index contributed by atoms with van der Waals surface area (Å²) >= 11 is 0. The number of carboxylic acid groups (broad SMARTS) is 1. The molecule has 0 spiro atoms. The first-order valence-corrected chi connectivity index (χ1v) is 5.39. The molecular weight excluding hydrogens is 220 g/mol. The van der Waals surface area contributed by atoms with Crippen molar-refractivity contribution in [2.45, 2.75) is 6.92 Å². The van der Waals surface area contributed by atoms with Gasteiger partial charge in [0.1, 0.15) is 0 Å². The van der Waals surface area contributed by atoms with Crippen molar-refractivity contribution >= 4 is 17.6 Å². The van der Waals surface area contributed by atoms with Gasteiger partial charge >= 0.3 is 5.97 Å². The summed E-state index contributed by atoms with van der Waals surface area (Å²) in [6.45, 7) is 2.35. The number of nitrogens with zero attached hydrogens (tertiary/aromatic N) is 2. The Labute approximate surface area is 99.2 Å². The van der Waals surface area contributed by atoms with Crippen LogP contribution in [0, 0.1) is 5.92 Å². The third kappa shape index (κ3) is 1.84. The van der Waals surface area contributed by atoms with Crippen molar-refractivity contribution in [1.29, 1.82) is 0 Å². The van der Waals surface area contributed by atoms with Gasteiger partial charge in [-0.3, -0.25) is 14.8 Å². The number of carboxylic acids is 1. The van der Waals surface area contributed by atoms with Crippen LogP contribution in [0.3, 0.4) is 0 Å². The van der Waals surface area contributed by atoms with Gasteiger partial charge in [-0.05, 0) is 12.1 Å². The van der Waals surface area contributed by atoms with Gasteiger partial charge in [-0.25, -0.2) is 4.79 Å². The van der Waals surface area contributed by atoms with Gasteiger partial charge in [-0.2, -0.15) is 0 Å². The molecule has 1 heterocycles. The molecule has 1 aliphatic heterocycles. The topological polar surface area (TPSA) is 60.9 Å². The molecule has 2 rings (SSSR count). The molecule has 1 atom stereocenters. The fraction of sp³-hybridized carbons (Fsp3) is 0.333. The Morgan fingerprint density at radius 1 is 1.41 bits per heavy atom. The molecule has 1 amide bonds. The molecule has 5 nitrogen and oxygen atoms in total. The van der Waals surface area contributed by atoms with E-state index >= 15 is 0 Å². The Morgan fingerprint density at radius 2 is 2.06 bits per heavy atom. The molecule has 90 valence electrons. The van der Waals surface area contributed by atoms with Crippen molar-refractivity contribution in [3.63, 3.8) is 0 Å². The summed E-state index contributed by atoms with van der Waals surface area (Å²) in [5, 5.41) is 12.3. The molecule has 1 aliphatic rings. The van der Waals surface area contributed by atoms with Gasteiger partial charge < -0.3 is 5.11 Å². The van der Waals surface area contributed by atoms with E-state index in [0.29, 0.717) is 12.2 Å². The van der Waals surface area contributed by atoms with Gasteiger partial charge in [0.15, 0.2) is 0 Å². The van der Waals surface area contributed by atoms with Crippen LogP contribution in [-0.4, -0.2) is 35.6 Å². The molecular formula is C12H14N2O3. The Bertz CT molecular complexity index is 473. The van der Waals surface area contributed by atoms with E-state index < -0.39 is 5.97 Å². The van der Waals surface area contributed by atoms with Gasteiger partial charge in [0.25, 0.3) is 0 Å². The number of carbonyl (C=O) groups is 2. The van der Waals surface area contributed by atoms with Crippen LogP contribution in [0.15, 0.2) is 24.3 Å². The Kier molecular flexibility index (Phi) is 2.75. The minimum atomic E-state index is -0.985. The highest BCUT2D eigenvalue weighted by Gasteiger charge is 2.34. The Balaban J connectivity index is 2.42. The Morgan fingerprint density at radius 3 is 2.59 bits per heavy atom. The third-order valence-corrected chi connectivity index (χ3v) is 2.96. The summed E-state index contributed by atoms with van der Waals surface area (Å²) in [4.78, 5) is 22.8. The summed E-state index contributed by atoms with van der Waals surface area (Å²) in [5.41, 5.74) is 0.765. The highest BCUT2D eigenvalue weighted by Crippen LogP contribution is 2.27. The van der Waals surface area contributed by atoms with E-state index in [-0.39, 0.29) is 17.4 Å². The average Bonchev–Trinajstić information content (AvgIpc) is 2.57. The first-order valence-electron chi connectivity index (χ1n) is 5.39. The van der Waals surface area contributed by atoms with Crippen molar-refractivity contribution in [2.24, 2.45) is 5.92 Å². The zero-order chi connectivity index (χ0) is 12.6. The van der Waals surface area contributed by atoms with Crippen LogP contribution in [-0.2, 0) is 4.79 Å². The zero-order valence-electron chi connectivity index (χ0n) is 9.75. The molecule has 1 aromatic rings. The number of hydrogen-bond donors (Lipinski definition) is 1. The minimum Gasteiger partial charge on any atom is -0.478 e. The number of amides is 1. The van der Waals surface area contributed by atoms with Crippen molar-refractivity contribution in [3.8, 4) is 0 Å². The molecule has 0 saturated carbocycles. The van der Waals surface area contributed by atoms with Crippen LogP contribution in [0.1, 0.15) is 17.3 Å². The van der Waals surface area contributed by atoms with Crippen LogP contribution in [0.4, 0.5) is 5.69 Å². The molecule has 1 saturated heterocycles. The maximum atomic E-state index is 11.7. The molecule has 1 fully saturated rings. The number of benzene rings is 1. The third-order valence-electron chi connectivity index (χ3n) is 2.96. The monoisotopic (exact) mass is 234 g/mol. The number of anilines is 1. The van der Waals surface area contributed by atoms with Crippen molar-refractivity contribution in [1.82, 2.24) is 5.01 Å². The van der Waals surface area contributed by atoms with Gasteiger partial charge in [0.05, 0.1) is 23.7 Å². The van der Waals surface area contributed by atoms with Crippen molar-refractivity contribution in [3.05, 3.63) is 29.8 Å². The van der Waals surface area contributed by atoms with E-state index in [9.17, 15) is 9.59 Å². The van der Waals surface area contributed by atoms with Crippen molar-refractivity contribution < 1.29 is 14.7 Å². The second kappa shape index (κ2) is 4.08. The summed E-state index contributed by atoms with van der Waals surface area (Å²) in [7, 11) is 1.66. The highest BCUT2D eigenvalue weighted by molar-refractivity contribution is 5.95. The van der Waals surface area contributed by atoms with Crippen LogP contribution in [0.2, 0.25) is 0 Å². The molecule has 0 aromatic heterocycles. The molecule has 1 unspecified atom stereocenters. The number of hydrazine groups is 1. The maximum absolute atomic E-state index is 11.7. The maximum Gasteiger partial charge on any atom is 0.337 e. The smallest absolute Gasteiger partial charge is 0.337 e. The number of carbonyl (C=O) groups excluding carboxylic acids is 1. The van der Waals surface area contributed by atoms with E-state index in [4.69, 9.17) is 5.11 Å². The molecule has 0 bridgehead atoms. The second-order valence-electron chi connectivity index (χ2n) is 4.17. The summed E-state index contributed by atoms with van der Waals surface area (Å²) < 4.78 is 0. The van der Waals surface area contributed by atoms with E-state index in [1.165, 1.54) is 5.01 Å². The summed E-state index contributed by atoms with van der Waals surface area (Å²) in [6, 6.07) is 6.70. The lowest BCUT2D eigenvalue weighted by molar-refractivity contribution is -0.129. The lowest BCUT2D eigenvalue weighted by Gasteiger charge is -2.27. The molecule has 1 N–H and O–H groups in total. The first kappa shape index (κ1) is 11.4. The van der Waals surface area contributed by atoms with Crippen LogP contribution in [0.25, 0.3) is 0 Å². The van der Waals surface area contributed by atoms with Crippen LogP contribution in [0.5, 0.6) is 0 Å². The number of hydrogen-bond acceptors (Lipinski definition) is 3. The van der Waals surface area contributed by atoms with Gasteiger partial charge in [-0.1, -0.05) is 19.1 Å². The fourth-order valence-corrected chi connectivity index (χ4v) is 2.04. The predicted molar refractivity (Wildman–Crippen MR) is 62.7 cm³/mol. The van der Waals surface area contributed by atoms with E-state index in [2.05, 4.69) is 0 Å². The standard InChI is InChI=1S/C12H14N2O3/c1-8-7-14(13(2)11(8)15)10-6-4-3-5-9(10)12(16)17/h3-6,8H,7H2,1-2H3,(H,16,17). The summed E-state index contributed by atoms with van der Waals surface area (Å²) in [6.07, 6.45) is 0. The molecule has 5 heteroatoms. The molecule has 1 aromatic carbocycles. The lowest BCUT2D eigenvalue weighted by atomic mass is 10.1. The molecule has 0 aliphatic carbocycles. The van der Waals surface area contributed by atoms with Crippen LogP contribution < -0.4 is 5.01 Å². The van der Waals surface area contributed by atoms with E-state index in [1.54, 1.807) is 36.3 Å². The predicted octanol–water partition coefficient (Wildman–Crippen LogP) is 1.21. The van der Waals surface area contributed by atoms with Gasteiger partial charge in [-0.15, -0.1) is 0 Å². The second-order valence-corrected chi connectivity index (χ2v) is 4.17. The number of rotatable bonds is 2. The zero-order valence-corrected chi connectivity index (χ0v) is 9.75. The lowest BCUT2D eigenvalue weighted by Crippen LogP contribution is -2.36. The van der Waals surface area contributed by atoms with Gasteiger partial charge in [0, 0.05) is 7.05 Å². The largest absolute Gasteiger partial charge is 0.478 e. The highest BCUT2D eigenvalue weighted by atomic mass is 16.4. The Hall–Kier alpha value is -2.04. The van der Waals surface area contributed by atoms with E-state index in [1.807, 2.05) is 6.92 Å². The number of para-hydroxylation sites is 1. The molecule has 17 heavy (non-hydrogen) atoms. The normalized spacial score (nSPS) is 19.9. The van der Waals surface area contributed by atoms with Crippen LogP contribution >= 0.6 is 0 Å². The average molecular weight is 234 g/mol. The van der Waals surface area contributed by atoms with E-state index in [0.717, 1.165) is 0 Å². The van der Waals surface area contributed by atoms with Gasteiger partial charge in [0.2, 0.25) is 5.91 Å². The number of aromatic carboxylic acids is 1. The fourth-order valence-electron chi connectivity index (χ4n) is 2.04. The SMILES string of the molecule is CC1CN(c2ccccc2C(=O)O)N(C)C1=O. The quantitative estimate of drug-likeness (QED) is 0.835. The molecule has 0 radical (unpaired) electrons. The first-order chi connectivity index (χ1) is 8.02. The minimum absolute atomic E-state index is 0.00481. The summed E-state index contributed by atoms with van der Waals surface area (Å²) in [5.74, 6) is -1.09. The van der Waals surface area contributed by atoms with Crippen molar-refractivity contribution in [2.75, 3.05) is 18.6 Å².